The largest absolute Gasteiger partial charge is 0.394 e. The van der Waals surface area contributed by atoms with E-state index in [1.165, 1.54) is 0 Å². The molecule has 2 atom stereocenters. The third kappa shape index (κ3) is 3.06. The second kappa shape index (κ2) is 6.01. The third-order valence-electron chi connectivity index (χ3n) is 3.21. The zero-order valence-electron chi connectivity index (χ0n) is 11.2. The van der Waals surface area contributed by atoms with Crippen LogP contribution in [0.15, 0.2) is 21.3 Å². The van der Waals surface area contributed by atoms with Crippen molar-refractivity contribution in [3.63, 3.8) is 0 Å². The van der Waals surface area contributed by atoms with Crippen molar-refractivity contribution < 1.29 is 14.4 Å². The fourth-order valence-corrected chi connectivity index (χ4v) is 3.02. The maximum absolute atomic E-state index is 9.22. The average molecular weight is 295 g/mol. The summed E-state index contributed by atoms with van der Waals surface area (Å²) in [5.41, 5.74) is 0.956. The van der Waals surface area contributed by atoms with E-state index in [1.54, 1.807) is 11.3 Å². The molecule has 0 bridgehead atoms. The first kappa shape index (κ1) is 13.7. The maximum atomic E-state index is 9.22. The molecular weight excluding hydrogens is 278 g/mol. The van der Waals surface area contributed by atoms with Gasteiger partial charge in [0.25, 0.3) is 5.89 Å². The topological polar surface area (TPSA) is 71.6 Å². The Morgan fingerprint density at radius 3 is 3.15 bits per heavy atom. The molecule has 1 aliphatic rings. The van der Waals surface area contributed by atoms with Crippen LogP contribution in [0.3, 0.4) is 0 Å². The molecule has 2 aromatic heterocycles. The molecular formula is C13H17N3O3S. The lowest BCUT2D eigenvalue weighted by molar-refractivity contribution is -0.0978. The van der Waals surface area contributed by atoms with E-state index in [-0.39, 0.29) is 18.8 Å². The fourth-order valence-electron chi connectivity index (χ4n) is 2.39. The Labute approximate surface area is 121 Å². The van der Waals surface area contributed by atoms with Crippen molar-refractivity contribution in [3.8, 4) is 11.5 Å². The van der Waals surface area contributed by atoms with Gasteiger partial charge in [-0.05, 0) is 18.4 Å². The van der Waals surface area contributed by atoms with Gasteiger partial charge >= 0.3 is 0 Å². The van der Waals surface area contributed by atoms with Gasteiger partial charge in [0.2, 0.25) is 0 Å². The van der Waals surface area contributed by atoms with Gasteiger partial charge in [-0.3, -0.25) is 4.90 Å². The number of thiophene rings is 1. The predicted molar refractivity (Wildman–Crippen MR) is 74.3 cm³/mol. The summed E-state index contributed by atoms with van der Waals surface area (Å²) in [7, 11) is 0. The molecule has 6 nitrogen and oxygen atoms in total. The number of hydrogen-bond donors (Lipinski definition) is 1. The predicted octanol–water partition coefficient (Wildman–Crippen LogP) is 1.38. The van der Waals surface area contributed by atoms with Crippen LogP contribution in [0.4, 0.5) is 0 Å². The first-order valence-electron chi connectivity index (χ1n) is 6.58. The smallest absolute Gasteiger partial charge is 0.258 e. The van der Waals surface area contributed by atoms with Crippen LogP contribution in [0.1, 0.15) is 12.7 Å². The van der Waals surface area contributed by atoms with Crippen molar-refractivity contribution >= 4 is 11.3 Å². The highest BCUT2D eigenvalue weighted by atomic mass is 32.1. The van der Waals surface area contributed by atoms with Gasteiger partial charge in [0, 0.05) is 18.5 Å². The summed E-state index contributed by atoms with van der Waals surface area (Å²) in [4.78, 5) is 6.58. The number of nitrogens with zero attached hydrogens (tertiary/aromatic N) is 3. The number of hydrogen-bond acceptors (Lipinski definition) is 7. The monoisotopic (exact) mass is 295 g/mol. The fraction of sp³-hybridized carbons (Fsp3) is 0.538. The molecule has 1 N–H and O–H groups in total. The van der Waals surface area contributed by atoms with E-state index in [9.17, 15) is 5.11 Å². The summed E-state index contributed by atoms with van der Waals surface area (Å²) in [6.07, 6.45) is -0.0360. The number of aliphatic hydroxyl groups excluding tert-OH is 1. The molecule has 1 fully saturated rings. The number of ether oxygens (including phenoxy) is 1. The van der Waals surface area contributed by atoms with Gasteiger partial charge in [0.15, 0.2) is 5.82 Å². The lowest BCUT2D eigenvalue weighted by Crippen LogP contribution is -2.47. The second-order valence-electron chi connectivity index (χ2n) is 4.97. The molecule has 3 heterocycles. The van der Waals surface area contributed by atoms with Crippen LogP contribution < -0.4 is 0 Å². The molecule has 0 radical (unpaired) electrons. The van der Waals surface area contributed by atoms with Crippen LogP contribution in [0, 0.1) is 0 Å². The van der Waals surface area contributed by atoms with Gasteiger partial charge in [-0.25, -0.2) is 0 Å². The lowest BCUT2D eigenvalue weighted by atomic mass is 10.2. The molecule has 20 heavy (non-hydrogen) atoms. The van der Waals surface area contributed by atoms with E-state index in [0.717, 1.165) is 12.1 Å². The zero-order chi connectivity index (χ0) is 13.9. The standard InChI is InChI=1S/C13H17N3O3S/c1-9-4-16(5-11(7-17)18-9)6-12-14-13(19-15-12)10-2-3-20-8-10/h2-3,8-9,11,17H,4-7H2,1H3. The van der Waals surface area contributed by atoms with Crippen molar-refractivity contribution in [1.29, 1.82) is 0 Å². The molecule has 0 aliphatic carbocycles. The lowest BCUT2D eigenvalue weighted by Gasteiger charge is -2.35. The number of aliphatic hydroxyl groups is 1. The Bertz CT molecular complexity index is 543. The molecule has 1 aliphatic heterocycles. The van der Waals surface area contributed by atoms with E-state index in [2.05, 4.69) is 15.0 Å². The van der Waals surface area contributed by atoms with Crippen LogP contribution in [-0.2, 0) is 11.3 Å². The summed E-state index contributed by atoms with van der Waals surface area (Å²) >= 11 is 1.60. The average Bonchev–Trinajstić information content (AvgIpc) is 3.08. The third-order valence-corrected chi connectivity index (χ3v) is 3.89. The number of rotatable bonds is 4. The second-order valence-corrected chi connectivity index (χ2v) is 5.75. The van der Waals surface area contributed by atoms with Crippen molar-refractivity contribution in [2.75, 3.05) is 19.7 Å². The molecule has 108 valence electrons. The van der Waals surface area contributed by atoms with Crippen LogP contribution in [0.5, 0.6) is 0 Å². The quantitative estimate of drug-likeness (QED) is 0.919. The van der Waals surface area contributed by atoms with Crippen molar-refractivity contribution in [2.45, 2.75) is 25.7 Å². The number of aromatic nitrogens is 2. The first-order chi connectivity index (χ1) is 9.74. The van der Waals surface area contributed by atoms with Gasteiger partial charge in [-0.15, -0.1) is 0 Å². The molecule has 0 spiro atoms. The Balaban J connectivity index is 1.66. The number of morpholine rings is 1. The minimum absolute atomic E-state index is 0.0350. The van der Waals surface area contributed by atoms with E-state index < -0.39 is 0 Å². The summed E-state index contributed by atoms with van der Waals surface area (Å²) in [5.74, 6) is 1.22. The summed E-state index contributed by atoms with van der Waals surface area (Å²) < 4.78 is 10.9. The highest BCUT2D eigenvalue weighted by molar-refractivity contribution is 7.08. The Morgan fingerprint density at radius 1 is 1.50 bits per heavy atom. The van der Waals surface area contributed by atoms with Crippen LogP contribution in [-0.4, -0.2) is 52.1 Å². The zero-order valence-corrected chi connectivity index (χ0v) is 12.0. The molecule has 0 amide bonds. The first-order valence-corrected chi connectivity index (χ1v) is 7.52. The molecule has 3 rings (SSSR count). The van der Waals surface area contributed by atoms with Crippen LogP contribution in [0.2, 0.25) is 0 Å². The van der Waals surface area contributed by atoms with Gasteiger partial charge in [-0.2, -0.15) is 16.3 Å². The molecule has 2 aromatic rings. The van der Waals surface area contributed by atoms with Crippen molar-refractivity contribution in [1.82, 2.24) is 15.0 Å². The van der Waals surface area contributed by atoms with E-state index >= 15 is 0 Å². The van der Waals surface area contributed by atoms with Crippen molar-refractivity contribution in [3.05, 3.63) is 22.7 Å². The summed E-state index contributed by atoms with van der Waals surface area (Å²) in [6.45, 7) is 4.13. The normalized spacial score (nSPS) is 24.1. The molecule has 7 heteroatoms. The highest BCUT2D eigenvalue weighted by Crippen LogP contribution is 2.20. The van der Waals surface area contributed by atoms with E-state index in [4.69, 9.17) is 9.26 Å². The van der Waals surface area contributed by atoms with E-state index in [0.29, 0.717) is 24.8 Å². The van der Waals surface area contributed by atoms with Crippen LogP contribution >= 0.6 is 11.3 Å². The Morgan fingerprint density at radius 2 is 2.40 bits per heavy atom. The molecule has 0 aromatic carbocycles. The van der Waals surface area contributed by atoms with Crippen LogP contribution in [0.25, 0.3) is 11.5 Å². The minimum atomic E-state index is -0.137. The molecule has 2 unspecified atom stereocenters. The summed E-state index contributed by atoms with van der Waals surface area (Å²) in [5, 5.41) is 17.2. The molecule has 1 saturated heterocycles. The van der Waals surface area contributed by atoms with Gasteiger partial charge in [-0.1, -0.05) is 5.16 Å². The Hall–Kier alpha value is -1.28. The van der Waals surface area contributed by atoms with Gasteiger partial charge < -0.3 is 14.4 Å². The molecule has 0 saturated carbocycles. The summed E-state index contributed by atoms with van der Waals surface area (Å²) in [6, 6.07) is 1.96. The van der Waals surface area contributed by atoms with Gasteiger partial charge in [0.05, 0.1) is 30.9 Å². The highest BCUT2D eigenvalue weighted by Gasteiger charge is 2.25. The van der Waals surface area contributed by atoms with Gasteiger partial charge in [0.1, 0.15) is 0 Å². The van der Waals surface area contributed by atoms with Crippen molar-refractivity contribution in [2.24, 2.45) is 0 Å². The SMILES string of the molecule is CC1CN(Cc2noc(-c3ccsc3)n2)CC(CO)O1. The maximum Gasteiger partial charge on any atom is 0.258 e. The minimum Gasteiger partial charge on any atom is -0.394 e. The Kier molecular flexibility index (Phi) is 4.11. The van der Waals surface area contributed by atoms with E-state index in [1.807, 2.05) is 23.8 Å².